The average molecular weight is 310 g/mol. The summed E-state index contributed by atoms with van der Waals surface area (Å²) in [4.78, 5) is 21.7. The first-order chi connectivity index (χ1) is 11.1. The molecule has 2 aromatic rings. The predicted molar refractivity (Wildman–Crippen MR) is 89.3 cm³/mol. The van der Waals surface area contributed by atoms with Gasteiger partial charge in [0.05, 0.1) is 18.1 Å². The molecule has 120 valence electrons. The second-order valence-electron chi connectivity index (χ2n) is 6.51. The molecule has 0 fully saturated rings. The molecule has 1 amide bonds. The molecule has 1 aromatic carbocycles. The average Bonchev–Trinajstić information content (AvgIpc) is 3.17. The highest BCUT2D eigenvalue weighted by molar-refractivity contribution is 5.98. The van der Waals surface area contributed by atoms with E-state index in [1.165, 1.54) is 11.3 Å². The van der Waals surface area contributed by atoms with Gasteiger partial charge in [0.2, 0.25) is 5.91 Å². The summed E-state index contributed by atoms with van der Waals surface area (Å²) in [6, 6.07) is 8.12. The lowest BCUT2D eigenvalue weighted by Crippen LogP contribution is -2.48. The fraction of sp³-hybridized carbons (Fsp3) is 0.444. The van der Waals surface area contributed by atoms with Gasteiger partial charge in [-0.2, -0.15) is 0 Å². The van der Waals surface area contributed by atoms with Crippen LogP contribution < -0.4 is 4.90 Å². The molecule has 0 spiro atoms. The maximum absolute atomic E-state index is 13.0. The van der Waals surface area contributed by atoms with Crippen LogP contribution in [0.5, 0.6) is 0 Å². The molecule has 0 bridgehead atoms. The normalized spacial score (nSPS) is 18.6. The summed E-state index contributed by atoms with van der Waals surface area (Å²) in [5, 5.41) is 0. The van der Waals surface area contributed by atoms with E-state index in [2.05, 4.69) is 26.6 Å². The van der Waals surface area contributed by atoms with Crippen molar-refractivity contribution in [1.29, 1.82) is 0 Å². The summed E-state index contributed by atoms with van der Waals surface area (Å²) in [7, 11) is 2.04. The van der Waals surface area contributed by atoms with E-state index < -0.39 is 0 Å². The Hall–Kier alpha value is -2.14. The summed E-state index contributed by atoms with van der Waals surface area (Å²) < 4.78 is 2.09. The number of aromatic nitrogens is 2. The first kappa shape index (κ1) is 14.5. The van der Waals surface area contributed by atoms with E-state index in [0.717, 1.165) is 43.9 Å². The summed E-state index contributed by atoms with van der Waals surface area (Å²) in [6.45, 7) is 4.50. The smallest absolute Gasteiger partial charge is 0.244 e. The van der Waals surface area contributed by atoms with Crippen molar-refractivity contribution in [3.8, 4) is 0 Å². The number of amides is 1. The van der Waals surface area contributed by atoms with Gasteiger partial charge in [0.25, 0.3) is 0 Å². The zero-order valence-electron chi connectivity index (χ0n) is 13.7. The van der Waals surface area contributed by atoms with E-state index in [1.807, 2.05) is 37.3 Å². The third-order valence-electron chi connectivity index (χ3n) is 5.19. The van der Waals surface area contributed by atoms with Crippen LogP contribution in [0.2, 0.25) is 0 Å². The molecule has 1 atom stereocenters. The summed E-state index contributed by atoms with van der Waals surface area (Å²) in [5.74, 6) is 0.203. The lowest BCUT2D eigenvalue weighted by atomic mass is 10.1. The monoisotopic (exact) mass is 310 g/mol. The molecule has 0 radical (unpaired) electrons. The van der Waals surface area contributed by atoms with Crippen LogP contribution in [0.4, 0.5) is 5.69 Å². The lowest BCUT2D eigenvalue weighted by molar-refractivity contribution is -0.123. The zero-order valence-corrected chi connectivity index (χ0v) is 13.7. The van der Waals surface area contributed by atoms with Gasteiger partial charge in [-0.3, -0.25) is 9.69 Å². The van der Waals surface area contributed by atoms with Crippen molar-refractivity contribution < 1.29 is 4.79 Å². The van der Waals surface area contributed by atoms with Crippen molar-refractivity contribution in [2.45, 2.75) is 32.4 Å². The van der Waals surface area contributed by atoms with E-state index >= 15 is 0 Å². The standard InChI is InChI=1S/C18H22N4O/c1-13(21-9-8-17-15(11-21)19-12-20(17)2)18(23)22-10-7-14-5-3-4-6-16(14)22/h3-6,12-13H,7-11H2,1-2H3/t13-/m0/s1. The summed E-state index contributed by atoms with van der Waals surface area (Å²) in [5.41, 5.74) is 4.77. The molecule has 0 N–H and O–H groups in total. The quantitative estimate of drug-likeness (QED) is 0.849. The van der Waals surface area contributed by atoms with Gasteiger partial charge in [-0.15, -0.1) is 0 Å². The number of hydrogen-bond acceptors (Lipinski definition) is 3. The molecule has 0 saturated heterocycles. The summed E-state index contributed by atoms with van der Waals surface area (Å²) >= 11 is 0. The van der Waals surface area contributed by atoms with Crippen LogP contribution in [0.3, 0.4) is 0 Å². The van der Waals surface area contributed by atoms with Crippen molar-refractivity contribution in [3.05, 3.63) is 47.5 Å². The highest BCUT2D eigenvalue weighted by Gasteiger charge is 2.33. The Morgan fingerprint density at radius 2 is 2.04 bits per heavy atom. The second kappa shape index (κ2) is 5.49. The Morgan fingerprint density at radius 1 is 1.22 bits per heavy atom. The fourth-order valence-corrected chi connectivity index (χ4v) is 3.76. The third-order valence-corrected chi connectivity index (χ3v) is 5.19. The van der Waals surface area contributed by atoms with Crippen molar-refractivity contribution >= 4 is 11.6 Å². The van der Waals surface area contributed by atoms with E-state index in [4.69, 9.17) is 0 Å². The van der Waals surface area contributed by atoms with Crippen molar-refractivity contribution in [3.63, 3.8) is 0 Å². The number of benzene rings is 1. The minimum Gasteiger partial charge on any atom is -0.337 e. The molecule has 3 heterocycles. The van der Waals surface area contributed by atoms with Gasteiger partial charge in [-0.25, -0.2) is 4.98 Å². The number of nitrogens with zero attached hydrogens (tertiary/aromatic N) is 4. The number of rotatable bonds is 2. The highest BCUT2D eigenvalue weighted by atomic mass is 16.2. The minimum absolute atomic E-state index is 0.115. The molecule has 5 nitrogen and oxygen atoms in total. The van der Waals surface area contributed by atoms with E-state index in [0.29, 0.717) is 0 Å². The molecule has 1 aromatic heterocycles. The lowest BCUT2D eigenvalue weighted by Gasteiger charge is -2.33. The number of carbonyl (C=O) groups is 1. The first-order valence-corrected chi connectivity index (χ1v) is 8.27. The Balaban J connectivity index is 1.52. The molecular weight excluding hydrogens is 288 g/mol. The van der Waals surface area contributed by atoms with Crippen LogP contribution in [0.1, 0.15) is 23.9 Å². The van der Waals surface area contributed by atoms with Crippen LogP contribution in [-0.2, 0) is 31.2 Å². The summed E-state index contributed by atoms with van der Waals surface area (Å²) in [6.07, 6.45) is 3.79. The van der Waals surface area contributed by atoms with Crippen molar-refractivity contribution in [2.75, 3.05) is 18.0 Å². The molecule has 2 aliphatic heterocycles. The largest absolute Gasteiger partial charge is 0.337 e. The zero-order chi connectivity index (χ0) is 16.0. The van der Waals surface area contributed by atoms with Gasteiger partial charge >= 0.3 is 0 Å². The van der Waals surface area contributed by atoms with Crippen LogP contribution >= 0.6 is 0 Å². The van der Waals surface area contributed by atoms with Gasteiger partial charge in [-0.05, 0) is 25.0 Å². The topological polar surface area (TPSA) is 41.4 Å². The van der Waals surface area contributed by atoms with Gasteiger partial charge in [0.15, 0.2) is 0 Å². The first-order valence-electron chi connectivity index (χ1n) is 8.27. The third kappa shape index (κ3) is 2.36. The highest BCUT2D eigenvalue weighted by Crippen LogP contribution is 2.29. The molecule has 0 unspecified atom stereocenters. The van der Waals surface area contributed by atoms with E-state index in [-0.39, 0.29) is 11.9 Å². The van der Waals surface area contributed by atoms with E-state index in [9.17, 15) is 4.79 Å². The SMILES string of the molecule is C[C@@H](C(=O)N1CCc2ccccc21)N1CCc2c(ncn2C)C1. The van der Waals surface area contributed by atoms with Gasteiger partial charge in [0.1, 0.15) is 0 Å². The number of aryl methyl sites for hydroxylation is 1. The Morgan fingerprint density at radius 3 is 2.91 bits per heavy atom. The van der Waals surface area contributed by atoms with Crippen LogP contribution in [0, 0.1) is 0 Å². The van der Waals surface area contributed by atoms with Crippen LogP contribution in [-0.4, -0.2) is 39.5 Å². The van der Waals surface area contributed by atoms with E-state index in [1.54, 1.807) is 0 Å². The molecule has 4 rings (SSSR count). The van der Waals surface area contributed by atoms with Gasteiger partial charge in [-0.1, -0.05) is 18.2 Å². The molecular formula is C18H22N4O. The Bertz CT molecular complexity index is 751. The number of carbonyl (C=O) groups excluding carboxylic acids is 1. The fourth-order valence-electron chi connectivity index (χ4n) is 3.76. The molecule has 2 aliphatic rings. The number of hydrogen-bond donors (Lipinski definition) is 0. The van der Waals surface area contributed by atoms with Crippen molar-refractivity contribution in [2.24, 2.45) is 7.05 Å². The minimum atomic E-state index is -0.115. The van der Waals surface area contributed by atoms with Gasteiger partial charge < -0.3 is 9.47 Å². The molecule has 0 saturated carbocycles. The Labute approximate surface area is 136 Å². The maximum Gasteiger partial charge on any atom is 0.244 e. The second-order valence-corrected chi connectivity index (χ2v) is 6.51. The Kier molecular flexibility index (Phi) is 3.45. The maximum atomic E-state index is 13.0. The number of para-hydroxylation sites is 1. The van der Waals surface area contributed by atoms with Crippen LogP contribution in [0.15, 0.2) is 30.6 Å². The number of fused-ring (bicyclic) bond motifs is 2. The van der Waals surface area contributed by atoms with Crippen LogP contribution in [0.25, 0.3) is 0 Å². The molecule has 0 aliphatic carbocycles. The molecule has 5 heteroatoms. The molecule has 23 heavy (non-hydrogen) atoms. The number of anilines is 1. The predicted octanol–water partition coefficient (Wildman–Crippen LogP) is 1.76. The van der Waals surface area contributed by atoms with Gasteiger partial charge in [0, 0.05) is 44.5 Å². The number of imidazole rings is 1. The van der Waals surface area contributed by atoms with Crippen molar-refractivity contribution in [1.82, 2.24) is 14.5 Å².